The van der Waals surface area contributed by atoms with Crippen molar-refractivity contribution in [2.24, 2.45) is 5.41 Å². The van der Waals surface area contributed by atoms with Crippen molar-refractivity contribution in [1.82, 2.24) is 5.32 Å². The van der Waals surface area contributed by atoms with E-state index in [-0.39, 0.29) is 11.3 Å². The number of anilines is 1. The molecule has 0 aliphatic carbocycles. The molecule has 2 rings (SSSR count). The maximum Gasteiger partial charge on any atom is 0.234 e. The first-order valence-corrected chi connectivity index (χ1v) is 7.14. The van der Waals surface area contributed by atoms with Gasteiger partial charge >= 0.3 is 0 Å². The van der Waals surface area contributed by atoms with E-state index in [0.29, 0.717) is 0 Å². The Balaban J connectivity index is 2.22. The molecule has 1 N–H and O–H groups in total. The lowest BCUT2D eigenvalue weighted by molar-refractivity contribution is -0.127. The van der Waals surface area contributed by atoms with Gasteiger partial charge in [0, 0.05) is 19.3 Å². The molecule has 104 valence electrons. The minimum absolute atomic E-state index is 0.201. The van der Waals surface area contributed by atoms with Crippen molar-refractivity contribution < 1.29 is 4.79 Å². The van der Waals surface area contributed by atoms with Crippen molar-refractivity contribution >= 4 is 11.6 Å². The molecule has 1 unspecified atom stereocenters. The predicted molar refractivity (Wildman–Crippen MR) is 79.4 cm³/mol. The zero-order valence-corrected chi connectivity index (χ0v) is 12.2. The van der Waals surface area contributed by atoms with Crippen molar-refractivity contribution in [2.45, 2.75) is 33.1 Å². The third kappa shape index (κ3) is 2.81. The molecule has 3 nitrogen and oxygen atoms in total. The second-order valence-corrected chi connectivity index (χ2v) is 5.66. The zero-order chi connectivity index (χ0) is 13.9. The van der Waals surface area contributed by atoms with Crippen molar-refractivity contribution in [1.29, 1.82) is 0 Å². The third-order valence-electron chi connectivity index (χ3n) is 4.12. The molecule has 0 radical (unpaired) electrons. The highest BCUT2D eigenvalue weighted by Gasteiger charge is 2.42. The van der Waals surface area contributed by atoms with Gasteiger partial charge in [0.2, 0.25) is 5.91 Å². The summed E-state index contributed by atoms with van der Waals surface area (Å²) < 4.78 is 0. The fourth-order valence-electron chi connectivity index (χ4n) is 3.03. The molecule has 0 spiro atoms. The Labute approximate surface area is 116 Å². The Hall–Kier alpha value is -1.35. The van der Waals surface area contributed by atoms with E-state index in [1.54, 1.807) is 0 Å². The van der Waals surface area contributed by atoms with Crippen LogP contribution in [0.2, 0.25) is 0 Å². The minimum atomic E-state index is -0.201. The number of carbonyl (C=O) groups is 1. The minimum Gasteiger partial charge on any atom is -0.316 e. The number of rotatable bonds is 4. The number of amides is 1. The van der Waals surface area contributed by atoms with E-state index in [1.165, 1.54) is 5.56 Å². The summed E-state index contributed by atoms with van der Waals surface area (Å²) in [6.07, 6.45) is 2.97. The van der Waals surface area contributed by atoms with E-state index in [2.05, 4.69) is 31.3 Å². The Bertz CT molecular complexity index is 450. The van der Waals surface area contributed by atoms with Gasteiger partial charge in [0.25, 0.3) is 0 Å². The molecule has 1 heterocycles. The van der Waals surface area contributed by atoms with Crippen LogP contribution in [-0.2, 0) is 4.79 Å². The molecule has 0 saturated carbocycles. The van der Waals surface area contributed by atoms with Crippen LogP contribution in [0, 0.1) is 12.3 Å². The van der Waals surface area contributed by atoms with E-state index in [1.807, 2.05) is 24.1 Å². The first-order valence-electron chi connectivity index (χ1n) is 7.14. The molecule has 1 saturated heterocycles. The van der Waals surface area contributed by atoms with Gasteiger partial charge in [-0.2, -0.15) is 0 Å². The first-order chi connectivity index (χ1) is 9.09. The summed E-state index contributed by atoms with van der Waals surface area (Å²) in [5, 5.41) is 3.35. The number of nitrogens with one attached hydrogen (secondary N) is 1. The van der Waals surface area contributed by atoms with Crippen LogP contribution in [-0.4, -0.2) is 26.0 Å². The molecule has 1 fully saturated rings. The summed E-state index contributed by atoms with van der Waals surface area (Å²) in [4.78, 5) is 14.7. The summed E-state index contributed by atoms with van der Waals surface area (Å²) >= 11 is 0. The van der Waals surface area contributed by atoms with Crippen molar-refractivity contribution in [2.75, 3.05) is 25.0 Å². The van der Waals surface area contributed by atoms with Crippen LogP contribution < -0.4 is 10.2 Å². The van der Waals surface area contributed by atoms with Crippen LogP contribution in [0.15, 0.2) is 24.3 Å². The van der Waals surface area contributed by atoms with Crippen molar-refractivity contribution in [3.8, 4) is 0 Å². The Morgan fingerprint density at radius 3 is 2.84 bits per heavy atom. The van der Waals surface area contributed by atoms with Gasteiger partial charge in [0.05, 0.1) is 5.41 Å². The Kier molecular flexibility index (Phi) is 4.25. The fourth-order valence-corrected chi connectivity index (χ4v) is 3.03. The molecule has 19 heavy (non-hydrogen) atoms. The topological polar surface area (TPSA) is 32.3 Å². The number of aryl methyl sites for hydroxylation is 1. The van der Waals surface area contributed by atoms with Gasteiger partial charge in [-0.1, -0.05) is 25.5 Å². The van der Waals surface area contributed by atoms with E-state index in [9.17, 15) is 4.79 Å². The predicted octanol–water partition coefficient (Wildman–Crippen LogP) is 2.74. The van der Waals surface area contributed by atoms with E-state index >= 15 is 0 Å². The number of hydrogen-bond donors (Lipinski definition) is 1. The molecule has 3 heteroatoms. The summed E-state index contributed by atoms with van der Waals surface area (Å²) in [6.45, 7) is 5.98. The quantitative estimate of drug-likeness (QED) is 0.903. The second kappa shape index (κ2) is 5.74. The molecular weight excluding hydrogens is 236 g/mol. The van der Waals surface area contributed by atoms with Crippen molar-refractivity contribution in [3.05, 3.63) is 29.8 Å². The van der Waals surface area contributed by atoms with Gasteiger partial charge in [0.1, 0.15) is 0 Å². The van der Waals surface area contributed by atoms with Gasteiger partial charge in [-0.3, -0.25) is 4.79 Å². The van der Waals surface area contributed by atoms with E-state index < -0.39 is 0 Å². The van der Waals surface area contributed by atoms with Crippen LogP contribution in [0.1, 0.15) is 31.7 Å². The lowest BCUT2D eigenvalue weighted by atomic mass is 9.81. The second-order valence-electron chi connectivity index (χ2n) is 5.66. The summed E-state index contributed by atoms with van der Waals surface area (Å²) in [5.41, 5.74) is 1.98. The van der Waals surface area contributed by atoms with Crippen LogP contribution in [0.4, 0.5) is 5.69 Å². The van der Waals surface area contributed by atoms with Gasteiger partial charge in [-0.15, -0.1) is 0 Å². The third-order valence-corrected chi connectivity index (χ3v) is 4.12. The molecule has 1 atom stereocenters. The van der Waals surface area contributed by atoms with E-state index in [0.717, 1.165) is 38.0 Å². The van der Waals surface area contributed by atoms with Crippen LogP contribution in [0.3, 0.4) is 0 Å². The van der Waals surface area contributed by atoms with Gasteiger partial charge in [-0.25, -0.2) is 0 Å². The van der Waals surface area contributed by atoms with Gasteiger partial charge in [-0.05, 0) is 44.0 Å². The Morgan fingerprint density at radius 1 is 1.47 bits per heavy atom. The molecule has 1 aliphatic heterocycles. The number of carbonyl (C=O) groups excluding carboxylic acids is 1. The molecule has 1 amide bonds. The number of hydrogen-bond acceptors (Lipinski definition) is 2. The zero-order valence-electron chi connectivity index (χ0n) is 12.2. The average Bonchev–Trinajstić information content (AvgIpc) is 2.87. The van der Waals surface area contributed by atoms with Gasteiger partial charge < -0.3 is 10.2 Å². The molecule has 1 aromatic carbocycles. The van der Waals surface area contributed by atoms with Crippen LogP contribution in [0.5, 0.6) is 0 Å². The largest absolute Gasteiger partial charge is 0.316 e. The normalized spacial score (nSPS) is 22.5. The summed E-state index contributed by atoms with van der Waals surface area (Å²) in [6, 6.07) is 8.14. The molecule has 1 aliphatic rings. The monoisotopic (exact) mass is 260 g/mol. The number of nitrogens with zero attached hydrogens (tertiary/aromatic N) is 1. The first kappa shape index (κ1) is 14.1. The molecule has 1 aromatic rings. The summed E-state index contributed by atoms with van der Waals surface area (Å²) in [5.74, 6) is 0.255. The highest BCUT2D eigenvalue weighted by Crippen LogP contribution is 2.34. The SMILES string of the molecule is CCCC1(C(=O)N(C)c2cccc(C)c2)CCNC1. The maximum absolute atomic E-state index is 12.9. The Morgan fingerprint density at radius 2 is 2.26 bits per heavy atom. The van der Waals surface area contributed by atoms with Crippen molar-refractivity contribution in [3.63, 3.8) is 0 Å². The number of benzene rings is 1. The molecular formula is C16H24N2O. The molecule has 0 bridgehead atoms. The average molecular weight is 260 g/mol. The van der Waals surface area contributed by atoms with Crippen LogP contribution in [0.25, 0.3) is 0 Å². The lowest BCUT2D eigenvalue weighted by Crippen LogP contribution is -2.43. The highest BCUT2D eigenvalue weighted by molar-refractivity contribution is 5.97. The van der Waals surface area contributed by atoms with E-state index in [4.69, 9.17) is 0 Å². The smallest absolute Gasteiger partial charge is 0.234 e. The molecule has 0 aromatic heterocycles. The van der Waals surface area contributed by atoms with Gasteiger partial charge in [0.15, 0.2) is 0 Å². The van der Waals surface area contributed by atoms with Crippen LogP contribution >= 0.6 is 0 Å². The lowest BCUT2D eigenvalue weighted by Gasteiger charge is -2.31. The highest BCUT2D eigenvalue weighted by atomic mass is 16.2. The standard InChI is InChI=1S/C16H24N2O/c1-4-8-16(9-10-17-12-16)15(19)18(3)14-7-5-6-13(2)11-14/h5-7,11,17H,4,8-10,12H2,1-3H3. The maximum atomic E-state index is 12.9. The fraction of sp³-hybridized carbons (Fsp3) is 0.562. The summed E-state index contributed by atoms with van der Waals surface area (Å²) in [7, 11) is 1.90.